The molecule has 3 unspecified atom stereocenters. The molecule has 0 aromatic heterocycles. The number of rotatable bonds is 13. The Morgan fingerprint density at radius 2 is 1.25 bits per heavy atom. The van der Waals surface area contributed by atoms with Crippen LogP contribution in [0.15, 0.2) is 50.6 Å². The van der Waals surface area contributed by atoms with E-state index in [9.17, 15) is 5.11 Å². The molecule has 0 bridgehead atoms. The maximum atomic E-state index is 10.3. The summed E-state index contributed by atoms with van der Waals surface area (Å²) in [5, 5.41) is 10.3. The van der Waals surface area contributed by atoms with Gasteiger partial charge in [0.2, 0.25) is 0 Å². The molecule has 24 heavy (non-hydrogen) atoms. The molecule has 1 rings (SSSR count). The van der Waals surface area contributed by atoms with Crippen LogP contribution in [0.3, 0.4) is 0 Å². The minimum atomic E-state index is -1.17. The molecule has 0 aromatic carbocycles. The van der Waals surface area contributed by atoms with Crippen molar-refractivity contribution in [3.8, 4) is 0 Å². The van der Waals surface area contributed by atoms with Gasteiger partial charge in [-0.05, 0) is 0 Å². The van der Waals surface area contributed by atoms with E-state index in [1.54, 1.807) is 24.3 Å². The monoisotopic (exact) mass is 340 g/mol. The van der Waals surface area contributed by atoms with Crippen LogP contribution in [0.2, 0.25) is 0 Å². The molecule has 1 N–H and O–H groups in total. The fourth-order valence-electron chi connectivity index (χ4n) is 2.40. The lowest BCUT2D eigenvalue weighted by Gasteiger charge is -2.44. The summed E-state index contributed by atoms with van der Waals surface area (Å²) in [5.41, 5.74) is 0. The lowest BCUT2D eigenvalue weighted by atomic mass is 9.98. The lowest BCUT2D eigenvalue weighted by Crippen LogP contribution is -2.61. The summed E-state index contributed by atoms with van der Waals surface area (Å²) >= 11 is 0. The second-order valence-corrected chi connectivity index (χ2v) is 5.15. The molecule has 0 radical (unpaired) electrons. The van der Waals surface area contributed by atoms with Gasteiger partial charge in [-0.1, -0.05) is 24.3 Å². The molecule has 1 aliphatic heterocycles. The van der Waals surface area contributed by atoms with E-state index >= 15 is 0 Å². The summed E-state index contributed by atoms with van der Waals surface area (Å²) < 4.78 is 28.3. The van der Waals surface area contributed by atoms with Gasteiger partial charge in [0.15, 0.2) is 6.29 Å². The van der Waals surface area contributed by atoms with Crippen LogP contribution in [0.4, 0.5) is 0 Å². The molecule has 136 valence electrons. The van der Waals surface area contributed by atoms with E-state index in [2.05, 4.69) is 26.3 Å². The van der Waals surface area contributed by atoms with Crippen LogP contribution in [0.25, 0.3) is 0 Å². The van der Waals surface area contributed by atoms with E-state index in [4.69, 9.17) is 23.7 Å². The Bertz CT molecular complexity index is 397. The van der Waals surface area contributed by atoms with Crippen LogP contribution in [0.5, 0.6) is 0 Å². The number of aliphatic hydroxyl groups is 1. The van der Waals surface area contributed by atoms with Crippen molar-refractivity contribution in [1.82, 2.24) is 0 Å². The van der Waals surface area contributed by atoms with Gasteiger partial charge in [-0.25, -0.2) is 0 Å². The summed E-state index contributed by atoms with van der Waals surface area (Å²) in [6.07, 6.45) is 3.05. The van der Waals surface area contributed by atoms with Gasteiger partial charge in [0.05, 0.1) is 33.0 Å². The van der Waals surface area contributed by atoms with Gasteiger partial charge in [-0.2, -0.15) is 0 Å². The summed E-state index contributed by atoms with van der Waals surface area (Å²) in [6, 6.07) is 0. The Hall–Kier alpha value is -1.28. The Balaban J connectivity index is 2.92. The van der Waals surface area contributed by atoms with E-state index in [0.717, 1.165) is 0 Å². The zero-order chi connectivity index (χ0) is 17.8. The van der Waals surface area contributed by atoms with Gasteiger partial charge >= 0.3 is 0 Å². The number of aliphatic hydroxyl groups excluding tert-OH is 1. The van der Waals surface area contributed by atoms with Crippen molar-refractivity contribution in [2.45, 2.75) is 30.7 Å². The topological polar surface area (TPSA) is 66.4 Å². The standard InChI is InChI=1S/C18H28O6/c1-5-9-20-13-14-15(21-10-6-2)16(22-11-7-3)17(18(19)24-14)23-12-8-4/h5-8,14-19H,1-4,9-13H2/t14?,15-,16?,17?,18-/m0/s1. The fraction of sp³-hybridized carbons (Fsp3) is 0.556. The highest BCUT2D eigenvalue weighted by Gasteiger charge is 2.47. The average Bonchev–Trinajstić information content (AvgIpc) is 2.58. The first-order valence-electron chi connectivity index (χ1n) is 7.89. The van der Waals surface area contributed by atoms with Crippen LogP contribution < -0.4 is 0 Å². The van der Waals surface area contributed by atoms with E-state index < -0.39 is 30.7 Å². The van der Waals surface area contributed by atoms with Crippen LogP contribution >= 0.6 is 0 Å². The maximum Gasteiger partial charge on any atom is 0.184 e. The molecule has 1 saturated heterocycles. The summed E-state index contributed by atoms with van der Waals surface area (Å²) in [6.45, 7) is 16.0. The quantitative estimate of drug-likeness (QED) is 0.406. The van der Waals surface area contributed by atoms with Crippen LogP contribution in [0, 0.1) is 0 Å². The molecule has 5 atom stereocenters. The van der Waals surface area contributed by atoms with Crippen molar-refractivity contribution in [3.63, 3.8) is 0 Å². The highest BCUT2D eigenvalue weighted by atomic mass is 16.7. The molecular formula is C18H28O6. The average molecular weight is 340 g/mol. The predicted molar refractivity (Wildman–Crippen MR) is 91.7 cm³/mol. The molecule has 0 saturated carbocycles. The molecule has 1 fully saturated rings. The molecule has 1 aliphatic rings. The van der Waals surface area contributed by atoms with Crippen molar-refractivity contribution in [2.24, 2.45) is 0 Å². The van der Waals surface area contributed by atoms with Crippen molar-refractivity contribution >= 4 is 0 Å². The van der Waals surface area contributed by atoms with Crippen molar-refractivity contribution < 1.29 is 28.8 Å². The van der Waals surface area contributed by atoms with Gasteiger partial charge in [0, 0.05) is 0 Å². The smallest absolute Gasteiger partial charge is 0.184 e. The van der Waals surface area contributed by atoms with Gasteiger partial charge in [-0.3, -0.25) is 0 Å². The van der Waals surface area contributed by atoms with Crippen molar-refractivity contribution in [3.05, 3.63) is 50.6 Å². The SMILES string of the molecule is C=CCOCC1O[C@H](O)C(OCC=C)C(OCC=C)[C@H]1OCC=C. The zero-order valence-electron chi connectivity index (χ0n) is 14.0. The first kappa shape index (κ1) is 20.8. The van der Waals surface area contributed by atoms with E-state index in [1.165, 1.54) is 0 Å². The second kappa shape index (κ2) is 12.1. The number of hydrogen-bond acceptors (Lipinski definition) is 6. The van der Waals surface area contributed by atoms with Gasteiger partial charge in [0.25, 0.3) is 0 Å². The minimum absolute atomic E-state index is 0.229. The minimum Gasteiger partial charge on any atom is -0.375 e. The maximum absolute atomic E-state index is 10.3. The number of hydrogen-bond donors (Lipinski definition) is 1. The molecule has 6 heteroatoms. The summed E-state index contributed by atoms with van der Waals surface area (Å²) in [4.78, 5) is 0. The van der Waals surface area contributed by atoms with E-state index in [-0.39, 0.29) is 13.2 Å². The van der Waals surface area contributed by atoms with E-state index in [0.29, 0.717) is 19.8 Å². The third-order valence-electron chi connectivity index (χ3n) is 3.35. The molecule has 0 aliphatic carbocycles. The third kappa shape index (κ3) is 6.32. The van der Waals surface area contributed by atoms with Crippen LogP contribution in [-0.4, -0.2) is 68.8 Å². The van der Waals surface area contributed by atoms with Gasteiger partial charge in [-0.15, -0.1) is 26.3 Å². The first-order chi connectivity index (χ1) is 11.7. The highest BCUT2D eigenvalue weighted by molar-refractivity contribution is 4.94. The predicted octanol–water partition coefficient (Wildman–Crippen LogP) is 1.62. The molecule has 1 heterocycles. The van der Waals surface area contributed by atoms with Gasteiger partial charge in [0.1, 0.15) is 24.4 Å². The molecular weight excluding hydrogens is 312 g/mol. The van der Waals surface area contributed by atoms with Crippen molar-refractivity contribution in [2.75, 3.05) is 33.0 Å². The number of ether oxygens (including phenoxy) is 5. The fourth-order valence-corrected chi connectivity index (χ4v) is 2.40. The van der Waals surface area contributed by atoms with Crippen LogP contribution in [0.1, 0.15) is 0 Å². The molecule has 0 spiro atoms. The lowest BCUT2D eigenvalue weighted by molar-refractivity contribution is -0.307. The Kier molecular flexibility index (Phi) is 10.5. The summed E-state index contributed by atoms with van der Waals surface area (Å²) in [5.74, 6) is 0. The molecule has 0 aromatic rings. The highest BCUT2D eigenvalue weighted by Crippen LogP contribution is 2.27. The van der Waals surface area contributed by atoms with Crippen molar-refractivity contribution in [1.29, 1.82) is 0 Å². The summed E-state index contributed by atoms with van der Waals surface area (Å²) in [7, 11) is 0. The normalized spacial score (nSPS) is 29.8. The molecule has 6 nitrogen and oxygen atoms in total. The van der Waals surface area contributed by atoms with Crippen LogP contribution in [-0.2, 0) is 23.7 Å². The zero-order valence-corrected chi connectivity index (χ0v) is 14.0. The third-order valence-corrected chi connectivity index (χ3v) is 3.35. The largest absolute Gasteiger partial charge is 0.375 e. The first-order valence-corrected chi connectivity index (χ1v) is 7.89. The second-order valence-electron chi connectivity index (χ2n) is 5.15. The molecule has 0 amide bonds. The van der Waals surface area contributed by atoms with Gasteiger partial charge < -0.3 is 28.8 Å². The Labute approximate surface area is 144 Å². The Morgan fingerprint density at radius 3 is 1.79 bits per heavy atom. The Morgan fingerprint density at radius 1 is 0.750 bits per heavy atom. The van der Waals surface area contributed by atoms with E-state index in [1.807, 2.05) is 0 Å².